The minimum absolute atomic E-state index is 0.773. The lowest BCUT2D eigenvalue weighted by atomic mass is 9.80. The lowest BCUT2D eigenvalue weighted by Crippen LogP contribution is -2.12. The Morgan fingerprint density at radius 2 is 2.00 bits per heavy atom. The molecule has 11 heavy (non-hydrogen) atoms. The first-order valence-electron chi connectivity index (χ1n) is 5.21. The van der Waals surface area contributed by atoms with E-state index in [0.717, 1.165) is 17.3 Å². The van der Waals surface area contributed by atoms with Gasteiger partial charge in [-0.05, 0) is 36.5 Å². The van der Waals surface area contributed by atoms with Crippen LogP contribution in [0.25, 0.3) is 0 Å². The molecule has 2 aliphatic carbocycles. The highest BCUT2D eigenvalue weighted by Gasteiger charge is 2.45. The second kappa shape index (κ2) is 2.50. The molecule has 0 radical (unpaired) electrons. The molecule has 2 fully saturated rings. The third kappa shape index (κ3) is 1.45. The summed E-state index contributed by atoms with van der Waals surface area (Å²) in [6, 6.07) is 0. The quantitative estimate of drug-likeness (QED) is 0.579. The Balaban J connectivity index is 1.66. The molecule has 0 saturated heterocycles. The van der Waals surface area contributed by atoms with Gasteiger partial charge in [0.2, 0.25) is 0 Å². The van der Waals surface area contributed by atoms with Crippen LogP contribution < -0.4 is 0 Å². The van der Waals surface area contributed by atoms with Gasteiger partial charge in [-0.3, -0.25) is 0 Å². The molecule has 0 N–H and O–H groups in total. The summed E-state index contributed by atoms with van der Waals surface area (Å²) in [6.45, 7) is 4.87. The van der Waals surface area contributed by atoms with Gasteiger partial charge >= 0.3 is 0 Å². The van der Waals surface area contributed by atoms with Crippen molar-refractivity contribution >= 4 is 0 Å². The number of rotatable bonds is 3. The molecule has 0 aromatic heterocycles. The largest absolute Gasteiger partial charge is 0.0620 e. The van der Waals surface area contributed by atoms with E-state index in [1.165, 1.54) is 38.5 Å². The molecule has 64 valence electrons. The summed E-state index contributed by atoms with van der Waals surface area (Å²) >= 11 is 0. The van der Waals surface area contributed by atoms with E-state index in [1.807, 2.05) is 0 Å². The summed E-state index contributed by atoms with van der Waals surface area (Å²) < 4.78 is 0. The molecule has 0 heterocycles. The highest BCUT2D eigenvalue weighted by atomic mass is 14.5. The maximum absolute atomic E-state index is 2.47. The molecule has 0 heteroatoms. The molecule has 0 amide bonds. The van der Waals surface area contributed by atoms with E-state index in [4.69, 9.17) is 0 Å². The zero-order chi connectivity index (χ0) is 7.90. The Bertz CT molecular complexity index is 146. The maximum atomic E-state index is 2.47. The predicted molar refractivity (Wildman–Crippen MR) is 48.5 cm³/mol. The number of hydrogen-bond acceptors (Lipinski definition) is 0. The van der Waals surface area contributed by atoms with Crippen LogP contribution in [-0.2, 0) is 0 Å². The van der Waals surface area contributed by atoms with Crippen LogP contribution in [0.2, 0.25) is 0 Å². The zero-order valence-electron chi connectivity index (χ0n) is 7.90. The van der Waals surface area contributed by atoms with E-state index >= 15 is 0 Å². The van der Waals surface area contributed by atoms with Crippen LogP contribution in [0.1, 0.15) is 52.4 Å². The van der Waals surface area contributed by atoms with Gasteiger partial charge in [0.05, 0.1) is 0 Å². The molecular weight excluding hydrogens is 132 g/mol. The van der Waals surface area contributed by atoms with Crippen molar-refractivity contribution in [1.82, 2.24) is 0 Å². The van der Waals surface area contributed by atoms with Crippen molar-refractivity contribution in [3.63, 3.8) is 0 Å². The van der Waals surface area contributed by atoms with E-state index in [2.05, 4.69) is 13.8 Å². The summed E-state index contributed by atoms with van der Waals surface area (Å²) in [6.07, 6.45) is 9.12. The summed E-state index contributed by atoms with van der Waals surface area (Å²) in [5, 5.41) is 0. The Kier molecular flexibility index (Phi) is 1.74. The Morgan fingerprint density at radius 3 is 2.36 bits per heavy atom. The highest BCUT2D eigenvalue weighted by Crippen LogP contribution is 2.56. The van der Waals surface area contributed by atoms with Crippen LogP contribution in [0.3, 0.4) is 0 Å². The smallest absolute Gasteiger partial charge is 0.0297 e. The molecule has 0 spiro atoms. The first-order valence-corrected chi connectivity index (χ1v) is 5.21. The van der Waals surface area contributed by atoms with Crippen molar-refractivity contribution < 1.29 is 0 Å². The standard InChI is InChI=1S/C11H20/c1-9-8-11(9,2)7-6-10-4-3-5-10/h9-10H,3-8H2,1-2H3. The van der Waals surface area contributed by atoms with Gasteiger partial charge < -0.3 is 0 Å². The van der Waals surface area contributed by atoms with Gasteiger partial charge in [-0.15, -0.1) is 0 Å². The summed E-state index contributed by atoms with van der Waals surface area (Å²) in [7, 11) is 0. The lowest BCUT2D eigenvalue weighted by molar-refractivity contribution is 0.264. The van der Waals surface area contributed by atoms with Crippen molar-refractivity contribution in [3.8, 4) is 0 Å². The van der Waals surface area contributed by atoms with Gasteiger partial charge in [-0.1, -0.05) is 33.1 Å². The molecule has 2 rings (SSSR count). The Hall–Kier alpha value is 0. The van der Waals surface area contributed by atoms with Crippen LogP contribution in [0.15, 0.2) is 0 Å². The molecule has 0 aromatic rings. The highest BCUT2D eigenvalue weighted by molar-refractivity contribution is 4.96. The summed E-state index contributed by atoms with van der Waals surface area (Å²) in [4.78, 5) is 0. The lowest BCUT2D eigenvalue weighted by Gasteiger charge is -2.26. The van der Waals surface area contributed by atoms with E-state index in [1.54, 1.807) is 0 Å². The first kappa shape index (κ1) is 7.64. The van der Waals surface area contributed by atoms with Crippen LogP contribution >= 0.6 is 0 Å². The van der Waals surface area contributed by atoms with Crippen molar-refractivity contribution in [2.75, 3.05) is 0 Å². The molecule has 2 atom stereocenters. The van der Waals surface area contributed by atoms with Gasteiger partial charge in [0.25, 0.3) is 0 Å². The minimum Gasteiger partial charge on any atom is -0.0620 e. The second-order valence-corrected chi connectivity index (χ2v) is 5.09. The third-order valence-corrected chi connectivity index (χ3v) is 4.15. The molecular formula is C11H20. The van der Waals surface area contributed by atoms with E-state index in [9.17, 15) is 0 Å². The SMILES string of the molecule is CC1CC1(C)CCC1CCC1. The molecule has 2 unspecified atom stereocenters. The monoisotopic (exact) mass is 152 g/mol. The Morgan fingerprint density at radius 1 is 1.36 bits per heavy atom. The first-order chi connectivity index (χ1) is 5.21. The van der Waals surface area contributed by atoms with E-state index in [-0.39, 0.29) is 0 Å². The fourth-order valence-corrected chi connectivity index (χ4v) is 2.30. The van der Waals surface area contributed by atoms with Crippen molar-refractivity contribution in [2.45, 2.75) is 52.4 Å². The average Bonchev–Trinajstić information content (AvgIpc) is 2.37. The van der Waals surface area contributed by atoms with Gasteiger partial charge in [0.1, 0.15) is 0 Å². The van der Waals surface area contributed by atoms with Crippen LogP contribution in [0.5, 0.6) is 0 Å². The number of hydrogen-bond donors (Lipinski definition) is 0. The van der Waals surface area contributed by atoms with Gasteiger partial charge in [0, 0.05) is 0 Å². The molecule has 0 aromatic carbocycles. The molecule has 0 nitrogen and oxygen atoms in total. The molecule has 2 aliphatic rings. The second-order valence-electron chi connectivity index (χ2n) is 5.09. The Labute approximate surface area is 70.4 Å². The van der Waals surface area contributed by atoms with Crippen molar-refractivity contribution in [2.24, 2.45) is 17.3 Å². The van der Waals surface area contributed by atoms with Crippen LogP contribution in [-0.4, -0.2) is 0 Å². The van der Waals surface area contributed by atoms with Crippen molar-refractivity contribution in [1.29, 1.82) is 0 Å². The van der Waals surface area contributed by atoms with Gasteiger partial charge in [-0.2, -0.15) is 0 Å². The third-order valence-electron chi connectivity index (χ3n) is 4.15. The van der Waals surface area contributed by atoms with E-state index in [0.29, 0.717) is 0 Å². The van der Waals surface area contributed by atoms with Gasteiger partial charge in [0.15, 0.2) is 0 Å². The zero-order valence-corrected chi connectivity index (χ0v) is 7.90. The topological polar surface area (TPSA) is 0 Å². The normalized spacial score (nSPS) is 43.6. The van der Waals surface area contributed by atoms with Crippen molar-refractivity contribution in [3.05, 3.63) is 0 Å². The molecule has 0 aliphatic heterocycles. The minimum atomic E-state index is 0.773. The van der Waals surface area contributed by atoms with Crippen LogP contribution in [0, 0.1) is 17.3 Å². The summed E-state index contributed by atoms with van der Waals surface area (Å²) in [5.74, 6) is 2.15. The predicted octanol–water partition coefficient (Wildman–Crippen LogP) is 3.61. The molecule has 0 bridgehead atoms. The fraction of sp³-hybridized carbons (Fsp3) is 1.00. The van der Waals surface area contributed by atoms with Gasteiger partial charge in [-0.25, -0.2) is 0 Å². The maximum Gasteiger partial charge on any atom is -0.0297 e. The van der Waals surface area contributed by atoms with Crippen LogP contribution in [0.4, 0.5) is 0 Å². The summed E-state index contributed by atoms with van der Waals surface area (Å²) in [5.41, 5.74) is 0.773. The molecule has 2 saturated carbocycles. The average molecular weight is 152 g/mol. The fourth-order valence-electron chi connectivity index (χ4n) is 2.30. The van der Waals surface area contributed by atoms with E-state index < -0.39 is 0 Å².